The summed E-state index contributed by atoms with van der Waals surface area (Å²) in [6.07, 6.45) is 0. The second-order valence-electron chi connectivity index (χ2n) is 3.35. The van der Waals surface area contributed by atoms with Crippen molar-refractivity contribution in [1.82, 2.24) is 0 Å². The van der Waals surface area contributed by atoms with Crippen molar-refractivity contribution >= 4 is 48.5 Å². The Kier molecular flexibility index (Phi) is 2.86. The molecular formula is C7H11BrSSn. The van der Waals surface area contributed by atoms with Crippen molar-refractivity contribution in [3.63, 3.8) is 0 Å². The van der Waals surface area contributed by atoms with Crippen LogP contribution in [0.3, 0.4) is 0 Å². The molecule has 3 heteroatoms. The molecule has 1 heterocycles. The Labute approximate surface area is 78.7 Å². The molecule has 0 aliphatic carbocycles. The molecule has 1 aromatic heterocycles. The van der Waals surface area contributed by atoms with E-state index in [1.807, 2.05) is 11.3 Å². The van der Waals surface area contributed by atoms with E-state index >= 15 is 0 Å². The normalized spacial score (nSPS) is 12.0. The number of rotatable bonds is 1. The molecule has 0 saturated heterocycles. The summed E-state index contributed by atoms with van der Waals surface area (Å²) in [5.74, 6) is 0. The van der Waals surface area contributed by atoms with Crippen LogP contribution in [0.15, 0.2) is 15.9 Å². The summed E-state index contributed by atoms with van der Waals surface area (Å²) in [5.41, 5.74) is 0. The van der Waals surface area contributed by atoms with Gasteiger partial charge in [0, 0.05) is 0 Å². The van der Waals surface area contributed by atoms with E-state index in [1.54, 1.807) is 2.89 Å². The molecule has 10 heavy (non-hydrogen) atoms. The van der Waals surface area contributed by atoms with Crippen LogP contribution < -0.4 is 2.89 Å². The fraction of sp³-hybridized carbons (Fsp3) is 0.429. The van der Waals surface area contributed by atoms with Crippen LogP contribution in [0.5, 0.6) is 0 Å². The van der Waals surface area contributed by atoms with Crippen LogP contribution in [0, 0.1) is 0 Å². The molecule has 0 atom stereocenters. The quantitative estimate of drug-likeness (QED) is 0.696. The average Bonchev–Trinajstić information content (AvgIpc) is 2.11. The molecule has 1 aromatic rings. The average molecular weight is 326 g/mol. The van der Waals surface area contributed by atoms with Gasteiger partial charge in [0.05, 0.1) is 0 Å². The molecule has 0 fully saturated rings. The molecule has 0 aromatic carbocycles. The molecule has 0 N–H and O–H groups in total. The van der Waals surface area contributed by atoms with Gasteiger partial charge < -0.3 is 0 Å². The minimum absolute atomic E-state index is 1.27. The molecule has 0 aliphatic rings. The molecule has 0 aliphatic heterocycles. The first-order valence-corrected chi connectivity index (χ1v) is 14.9. The zero-order chi connectivity index (χ0) is 7.78. The molecule has 0 radical (unpaired) electrons. The number of halogens is 1. The van der Waals surface area contributed by atoms with Gasteiger partial charge in [0.1, 0.15) is 0 Å². The zero-order valence-corrected chi connectivity index (χ0v) is 11.7. The van der Waals surface area contributed by atoms with Gasteiger partial charge in [-0.25, -0.2) is 0 Å². The Balaban J connectivity index is 2.96. The van der Waals surface area contributed by atoms with Crippen LogP contribution >= 0.6 is 27.3 Å². The molecule has 0 unspecified atom stereocenters. The van der Waals surface area contributed by atoms with Crippen molar-refractivity contribution in [2.24, 2.45) is 0 Å². The van der Waals surface area contributed by atoms with Gasteiger partial charge >= 0.3 is 79.3 Å². The van der Waals surface area contributed by atoms with Crippen molar-refractivity contribution in [3.05, 3.63) is 15.9 Å². The third kappa shape index (κ3) is 2.24. The monoisotopic (exact) mass is 326 g/mol. The van der Waals surface area contributed by atoms with Crippen LogP contribution in [0.4, 0.5) is 0 Å². The van der Waals surface area contributed by atoms with E-state index in [0.717, 1.165) is 0 Å². The van der Waals surface area contributed by atoms with Crippen molar-refractivity contribution in [2.75, 3.05) is 0 Å². The van der Waals surface area contributed by atoms with Crippen LogP contribution in [-0.4, -0.2) is 18.4 Å². The maximum atomic E-state index is 3.48. The van der Waals surface area contributed by atoms with Crippen LogP contribution in [0.2, 0.25) is 14.8 Å². The van der Waals surface area contributed by atoms with Crippen molar-refractivity contribution in [3.8, 4) is 0 Å². The van der Waals surface area contributed by atoms with E-state index in [1.165, 1.54) is 3.79 Å². The Bertz CT molecular complexity index is 224. The summed E-state index contributed by atoms with van der Waals surface area (Å²) >= 11 is 3.68. The van der Waals surface area contributed by atoms with Crippen LogP contribution in [-0.2, 0) is 0 Å². The van der Waals surface area contributed by atoms with E-state index < -0.39 is 18.4 Å². The van der Waals surface area contributed by atoms with Gasteiger partial charge in [-0.2, -0.15) is 0 Å². The molecule has 0 spiro atoms. The molecular weight excluding hydrogens is 315 g/mol. The fourth-order valence-corrected chi connectivity index (χ4v) is 8.67. The van der Waals surface area contributed by atoms with E-state index in [4.69, 9.17) is 0 Å². The maximum absolute atomic E-state index is 3.48. The Morgan fingerprint density at radius 1 is 1.30 bits per heavy atom. The first-order valence-electron chi connectivity index (χ1n) is 3.26. The van der Waals surface area contributed by atoms with E-state index in [2.05, 4.69) is 42.9 Å². The molecule has 0 bridgehead atoms. The standard InChI is InChI=1S/C4H2BrS.3CH3.Sn/c5-4-2-1-3-6-4;;;;/h1-2H;3*1H3;. The van der Waals surface area contributed by atoms with Gasteiger partial charge in [-0.15, -0.1) is 0 Å². The summed E-state index contributed by atoms with van der Waals surface area (Å²) in [4.78, 5) is 7.31. The van der Waals surface area contributed by atoms with Gasteiger partial charge in [-0.3, -0.25) is 0 Å². The zero-order valence-electron chi connectivity index (χ0n) is 6.44. The summed E-state index contributed by atoms with van der Waals surface area (Å²) in [6.45, 7) is 0. The second-order valence-corrected chi connectivity index (χ2v) is 21.2. The Morgan fingerprint density at radius 3 is 2.10 bits per heavy atom. The summed E-state index contributed by atoms with van der Waals surface area (Å²) in [6, 6.07) is 4.42. The van der Waals surface area contributed by atoms with E-state index in [9.17, 15) is 0 Å². The number of hydrogen-bond donors (Lipinski definition) is 0. The van der Waals surface area contributed by atoms with Gasteiger partial charge in [-0.05, 0) is 0 Å². The number of hydrogen-bond acceptors (Lipinski definition) is 1. The fourth-order valence-electron chi connectivity index (χ4n) is 0.717. The third-order valence-electron chi connectivity index (χ3n) is 1.31. The van der Waals surface area contributed by atoms with Crippen molar-refractivity contribution in [2.45, 2.75) is 14.8 Å². The van der Waals surface area contributed by atoms with Crippen LogP contribution in [0.1, 0.15) is 0 Å². The second kappa shape index (κ2) is 3.15. The minimum atomic E-state index is -1.70. The summed E-state index contributed by atoms with van der Waals surface area (Å²) in [5, 5.41) is 0. The Morgan fingerprint density at radius 2 is 1.90 bits per heavy atom. The van der Waals surface area contributed by atoms with Gasteiger partial charge in [-0.1, -0.05) is 0 Å². The number of thiophene rings is 1. The molecule has 0 saturated carbocycles. The van der Waals surface area contributed by atoms with Crippen LogP contribution in [0.25, 0.3) is 0 Å². The predicted octanol–water partition coefficient (Wildman–Crippen LogP) is 3.06. The van der Waals surface area contributed by atoms with Crippen molar-refractivity contribution in [1.29, 1.82) is 0 Å². The van der Waals surface area contributed by atoms with E-state index in [0.29, 0.717) is 0 Å². The van der Waals surface area contributed by atoms with Gasteiger partial charge in [0.25, 0.3) is 0 Å². The molecule has 0 amide bonds. The predicted molar refractivity (Wildman–Crippen MR) is 55.0 cm³/mol. The first kappa shape index (κ1) is 9.07. The summed E-state index contributed by atoms with van der Waals surface area (Å²) < 4.78 is 2.91. The third-order valence-corrected chi connectivity index (χ3v) is 12.4. The van der Waals surface area contributed by atoms with E-state index in [-0.39, 0.29) is 0 Å². The molecule has 1 rings (SSSR count). The summed E-state index contributed by atoms with van der Waals surface area (Å²) in [7, 11) is 0. The van der Waals surface area contributed by atoms with Gasteiger partial charge in [0.2, 0.25) is 0 Å². The topological polar surface area (TPSA) is 0 Å². The Hall–Kier alpha value is 0.979. The first-order chi connectivity index (χ1) is 4.50. The van der Waals surface area contributed by atoms with Crippen molar-refractivity contribution < 1.29 is 0 Å². The van der Waals surface area contributed by atoms with Gasteiger partial charge in [0.15, 0.2) is 0 Å². The molecule has 56 valence electrons. The SMILES string of the molecule is [CH3][Sn]([CH3])([CH3])[c]1ccc(Br)s1. The molecule has 0 nitrogen and oxygen atoms in total.